The summed E-state index contributed by atoms with van der Waals surface area (Å²) in [6.45, 7) is 4.17. The lowest BCUT2D eigenvalue weighted by atomic mass is 10.0. The molecule has 0 aromatic heterocycles. The van der Waals surface area contributed by atoms with E-state index < -0.39 is 13.9 Å². The zero-order valence-electron chi connectivity index (χ0n) is 29.8. The van der Waals surface area contributed by atoms with Crippen molar-refractivity contribution in [3.05, 3.63) is 24.5 Å². The van der Waals surface area contributed by atoms with Gasteiger partial charge in [-0.1, -0.05) is 142 Å². The maximum absolute atomic E-state index is 12.3. The summed E-state index contributed by atoms with van der Waals surface area (Å²) in [6.07, 6.45) is 37.2. The van der Waals surface area contributed by atoms with Crippen LogP contribution in [0.2, 0.25) is 0 Å². The van der Waals surface area contributed by atoms with Gasteiger partial charge in [0.25, 0.3) is 0 Å². The first-order valence-corrected chi connectivity index (χ1v) is 20.4. The van der Waals surface area contributed by atoms with Gasteiger partial charge in [-0.05, 0) is 44.6 Å². The molecule has 46 heavy (non-hydrogen) atoms. The van der Waals surface area contributed by atoms with E-state index in [2.05, 4.69) is 26.0 Å². The van der Waals surface area contributed by atoms with Crippen LogP contribution in [0.3, 0.4) is 0 Å². The third-order valence-electron chi connectivity index (χ3n) is 7.96. The molecule has 0 aliphatic heterocycles. The summed E-state index contributed by atoms with van der Waals surface area (Å²) in [5.74, 6) is -0.301. The number of carbonyl (C=O) groups excluding carboxylic acids is 1. The molecule has 3 N–H and O–H groups in total. The van der Waals surface area contributed by atoms with Gasteiger partial charge in [0.15, 0.2) is 6.10 Å². The number of carbonyl (C=O) groups is 1. The average molecular weight is 674 g/mol. The molecule has 0 saturated heterocycles. The van der Waals surface area contributed by atoms with Crippen molar-refractivity contribution < 1.29 is 32.8 Å². The van der Waals surface area contributed by atoms with Crippen LogP contribution in [0.5, 0.6) is 0 Å². The Kier molecular flexibility index (Phi) is 34.2. The first kappa shape index (κ1) is 44.8. The standard InChI is InChI=1S/C37H72NO7P/c1-3-5-7-9-11-13-15-16-17-18-19-21-23-25-27-29-32-42-36(35-45-46(40,41)44-33-31-38)34-43-37(39)30-28-26-24-22-20-14-12-10-8-6-4-2/h10,12,29,32,36H,3-9,11,13-28,30-31,33-35,38H2,1-2H3,(H,40,41)/t36-/m1/s1. The van der Waals surface area contributed by atoms with Crippen LogP contribution in [0.25, 0.3) is 0 Å². The van der Waals surface area contributed by atoms with Crippen LogP contribution >= 0.6 is 7.82 Å². The number of ether oxygens (including phenoxy) is 2. The van der Waals surface area contributed by atoms with Gasteiger partial charge in [0.1, 0.15) is 6.61 Å². The molecule has 0 bridgehead atoms. The van der Waals surface area contributed by atoms with Gasteiger partial charge in [0.2, 0.25) is 0 Å². The van der Waals surface area contributed by atoms with Gasteiger partial charge < -0.3 is 20.1 Å². The highest BCUT2D eigenvalue weighted by atomic mass is 31.2. The number of unbranched alkanes of at least 4 members (excludes halogenated alkanes) is 21. The fraction of sp³-hybridized carbons (Fsp3) is 0.865. The molecule has 1 unspecified atom stereocenters. The van der Waals surface area contributed by atoms with Crippen molar-refractivity contribution in [3.63, 3.8) is 0 Å². The van der Waals surface area contributed by atoms with E-state index in [-0.39, 0.29) is 32.3 Å². The van der Waals surface area contributed by atoms with E-state index in [4.69, 9.17) is 24.3 Å². The lowest BCUT2D eigenvalue weighted by Crippen LogP contribution is -2.25. The average Bonchev–Trinajstić information content (AvgIpc) is 3.05. The van der Waals surface area contributed by atoms with Crippen LogP contribution in [0, 0.1) is 0 Å². The monoisotopic (exact) mass is 674 g/mol. The fourth-order valence-electron chi connectivity index (χ4n) is 5.08. The Morgan fingerprint density at radius 1 is 0.652 bits per heavy atom. The van der Waals surface area contributed by atoms with E-state index in [0.29, 0.717) is 6.42 Å². The number of rotatable bonds is 36. The predicted molar refractivity (Wildman–Crippen MR) is 192 cm³/mol. The Morgan fingerprint density at radius 3 is 1.67 bits per heavy atom. The minimum atomic E-state index is -4.26. The molecule has 2 atom stereocenters. The summed E-state index contributed by atoms with van der Waals surface area (Å²) in [5, 5.41) is 0. The molecule has 0 radical (unpaired) electrons. The molecule has 272 valence electrons. The van der Waals surface area contributed by atoms with E-state index in [0.717, 1.165) is 38.5 Å². The second-order valence-electron chi connectivity index (χ2n) is 12.5. The molecule has 0 fully saturated rings. The summed E-state index contributed by atoms with van der Waals surface area (Å²) in [7, 11) is -4.26. The number of allylic oxidation sites excluding steroid dienone is 3. The summed E-state index contributed by atoms with van der Waals surface area (Å²) < 4.78 is 33.0. The maximum Gasteiger partial charge on any atom is 0.472 e. The van der Waals surface area contributed by atoms with Crippen LogP contribution in [-0.4, -0.2) is 43.3 Å². The largest absolute Gasteiger partial charge is 0.492 e. The van der Waals surface area contributed by atoms with Gasteiger partial charge in [-0.15, -0.1) is 0 Å². The maximum atomic E-state index is 12.3. The van der Waals surface area contributed by atoms with Gasteiger partial charge in [0, 0.05) is 13.0 Å². The third-order valence-corrected chi connectivity index (χ3v) is 8.94. The number of phosphoric acid groups is 1. The third kappa shape index (κ3) is 34.2. The summed E-state index contributed by atoms with van der Waals surface area (Å²) in [4.78, 5) is 22.1. The zero-order chi connectivity index (χ0) is 33.8. The van der Waals surface area contributed by atoms with Crippen molar-refractivity contribution in [2.75, 3.05) is 26.4 Å². The number of nitrogens with two attached hydrogens (primary N) is 1. The van der Waals surface area contributed by atoms with Crippen LogP contribution in [0.4, 0.5) is 0 Å². The summed E-state index contributed by atoms with van der Waals surface area (Å²) in [5.41, 5.74) is 5.34. The molecule has 0 aliphatic carbocycles. The van der Waals surface area contributed by atoms with E-state index in [9.17, 15) is 14.3 Å². The molecule has 0 amide bonds. The van der Waals surface area contributed by atoms with Gasteiger partial charge in [-0.3, -0.25) is 13.8 Å². The van der Waals surface area contributed by atoms with Crippen molar-refractivity contribution >= 4 is 13.8 Å². The van der Waals surface area contributed by atoms with Crippen LogP contribution in [0.1, 0.15) is 174 Å². The van der Waals surface area contributed by atoms with Crippen molar-refractivity contribution in [1.82, 2.24) is 0 Å². The van der Waals surface area contributed by atoms with E-state index in [1.54, 1.807) is 6.26 Å². The predicted octanol–water partition coefficient (Wildman–Crippen LogP) is 10.9. The van der Waals surface area contributed by atoms with Crippen LogP contribution in [0.15, 0.2) is 24.5 Å². The second kappa shape index (κ2) is 35.1. The lowest BCUT2D eigenvalue weighted by Gasteiger charge is -2.19. The van der Waals surface area contributed by atoms with Gasteiger partial charge in [-0.2, -0.15) is 0 Å². The number of esters is 1. The molecular weight excluding hydrogens is 601 g/mol. The van der Waals surface area contributed by atoms with E-state index in [1.807, 2.05) is 6.08 Å². The van der Waals surface area contributed by atoms with E-state index in [1.165, 1.54) is 116 Å². The topological polar surface area (TPSA) is 117 Å². The van der Waals surface area contributed by atoms with Crippen molar-refractivity contribution in [2.24, 2.45) is 5.73 Å². The van der Waals surface area contributed by atoms with Crippen LogP contribution in [-0.2, 0) is 27.9 Å². The molecule has 0 aliphatic rings. The molecule has 8 nitrogen and oxygen atoms in total. The molecule has 9 heteroatoms. The Bertz CT molecular complexity index is 762. The highest BCUT2D eigenvalue weighted by Crippen LogP contribution is 2.43. The molecule has 0 spiro atoms. The molecule has 0 aromatic carbocycles. The molecular formula is C37H72NO7P. The fourth-order valence-corrected chi connectivity index (χ4v) is 5.84. The molecule has 0 rings (SSSR count). The number of hydrogen-bond acceptors (Lipinski definition) is 7. The zero-order valence-corrected chi connectivity index (χ0v) is 30.7. The normalized spacial score (nSPS) is 13.8. The Hall–Kier alpha value is -1.18. The highest BCUT2D eigenvalue weighted by Gasteiger charge is 2.24. The van der Waals surface area contributed by atoms with Crippen molar-refractivity contribution in [1.29, 1.82) is 0 Å². The van der Waals surface area contributed by atoms with E-state index >= 15 is 0 Å². The molecule has 0 saturated carbocycles. The first-order chi connectivity index (χ1) is 22.4. The SMILES string of the molecule is CCCCC=CCCCCCCCC(=O)OC[C@H](COP(=O)(O)OCCN)OC=CCCCCCCCCCCCCCCCC. The highest BCUT2D eigenvalue weighted by molar-refractivity contribution is 7.47. The lowest BCUT2D eigenvalue weighted by molar-refractivity contribution is -0.147. The number of phosphoric ester groups is 1. The minimum Gasteiger partial charge on any atom is -0.492 e. The molecule has 0 heterocycles. The summed E-state index contributed by atoms with van der Waals surface area (Å²) >= 11 is 0. The number of hydrogen-bond donors (Lipinski definition) is 2. The second-order valence-corrected chi connectivity index (χ2v) is 14.0. The summed E-state index contributed by atoms with van der Waals surface area (Å²) in [6, 6.07) is 0. The van der Waals surface area contributed by atoms with Crippen molar-refractivity contribution in [3.8, 4) is 0 Å². The Morgan fingerprint density at radius 2 is 1.13 bits per heavy atom. The Balaban J connectivity index is 4.13. The quantitative estimate of drug-likeness (QED) is 0.0222. The first-order valence-electron chi connectivity index (χ1n) is 18.9. The van der Waals surface area contributed by atoms with Gasteiger partial charge >= 0.3 is 13.8 Å². The Labute approximate surface area is 283 Å². The smallest absolute Gasteiger partial charge is 0.472 e. The van der Waals surface area contributed by atoms with Gasteiger partial charge in [0.05, 0.1) is 19.5 Å². The molecule has 0 aromatic rings. The van der Waals surface area contributed by atoms with Crippen molar-refractivity contribution in [2.45, 2.75) is 180 Å². The van der Waals surface area contributed by atoms with Crippen LogP contribution < -0.4 is 5.73 Å². The van der Waals surface area contributed by atoms with Gasteiger partial charge in [-0.25, -0.2) is 4.57 Å². The minimum absolute atomic E-state index is 0.0662.